The maximum absolute atomic E-state index is 12.2. The van der Waals surface area contributed by atoms with Crippen molar-refractivity contribution in [2.24, 2.45) is 5.92 Å². The second-order valence-electron chi connectivity index (χ2n) is 2.71. The zero-order valence-electron chi connectivity index (χ0n) is 6.26. The summed E-state index contributed by atoms with van der Waals surface area (Å²) in [5.41, 5.74) is 0. The average molecular weight is 180 g/mol. The Labute approximate surface area is 67.9 Å². The monoisotopic (exact) mass is 180 g/mol. The lowest BCUT2D eigenvalue weighted by Gasteiger charge is -2.16. The van der Waals surface area contributed by atoms with Gasteiger partial charge in [-0.2, -0.15) is 0 Å². The third-order valence-corrected chi connectivity index (χ3v) is 1.89. The van der Waals surface area contributed by atoms with Crippen LogP contribution in [-0.4, -0.2) is 36.8 Å². The molecule has 1 fully saturated rings. The number of amides is 1. The number of carboxylic acid groups (broad SMARTS) is 1. The van der Waals surface area contributed by atoms with Gasteiger partial charge in [0.05, 0.1) is 12.0 Å². The number of nitrogens with one attached hydrogen (secondary N) is 2. The van der Waals surface area contributed by atoms with Gasteiger partial charge in [0.25, 0.3) is 0 Å². The molecule has 4 nitrogen and oxygen atoms in total. The van der Waals surface area contributed by atoms with Gasteiger partial charge in [-0.3, -0.25) is 0 Å². The Morgan fingerprint density at radius 3 is 2.75 bits per heavy atom. The molecule has 0 unspecified atom stereocenters. The van der Waals surface area contributed by atoms with Crippen molar-refractivity contribution in [2.45, 2.75) is 12.5 Å². The van der Waals surface area contributed by atoms with Gasteiger partial charge in [-0.15, -0.1) is 0 Å². The minimum atomic E-state index is -2.48. The number of halogens is 2. The minimum absolute atomic E-state index is 0.169. The summed E-state index contributed by atoms with van der Waals surface area (Å²) in [6.07, 6.45) is -3.73. The molecule has 3 N–H and O–H groups in total. The molecule has 0 aromatic rings. The first-order chi connectivity index (χ1) is 5.61. The van der Waals surface area contributed by atoms with Gasteiger partial charge in [0.15, 0.2) is 0 Å². The molecule has 0 spiro atoms. The molecule has 0 saturated carbocycles. The largest absolute Gasteiger partial charge is 0.465 e. The molecule has 6 heteroatoms. The molecule has 1 aliphatic rings. The average Bonchev–Trinajstić information content (AvgIpc) is 2.33. The van der Waals surface area contributed by atoms with E-state index in [0.717, 1.165) is 0 Å². The van der Waals surface area contributed by atoms with Crippen LogP contribution in [0, 0.1) is 5.92 Å². The van der Waals surface area contributed by atoms with E-state index in [4.69, 9.17) is 5.11 Å². The van der Waals surface area contributed by atoms with Crippen molar-refractivity contribution >= 4 is 6.09 Å². The van der Waals surface area contributed by atoms with Crippen LogP contribution in [0.2, 0.25) is 0 Å². The first-order valence-electron chi connectivity index (χ1n) is 3.59. The second-order valence-corrected chi connectivity index (χ2v) is 2.71. The highest BCUT2D eigenvalue weighted by atomic mass is 19.3. The van der Waals surface area contributed by atoms with Gasteiger partial charge in [0.1, 0.15) is 0 Å². The number of rotatable bonds is 2. The maximum Gasteiger partial charge on any atom is 0.404 e. The van der Waals surface area contributed by atoms with Crippen LogP contribution < -0.4 is 10.6 Å². The third kappa shape index (κ3) is 2.04. The quantitative estimate of drug-likeness (QED) is 0.565. The van der Waals surface area contributed by atoms with Crippen LogP contribution in [0.15, 0.2) is 0 Å². The molecule has 2 atom stereocenters. The van der Waals surface area contributed by atoms with Crippen molar-refractivity contribution in [3.63, 3.8) is 0 Å². The number of carbonyl (C=O) groups is 1. The summed E-state index contributed by atoms with van der Waals surface area (Å²) in [5, 5.41) is 13.0. The molecule has 1 rings (SSSR count). The first-order valence-corrected chi connectivity index (χ1v) is 3.59. The fourth-order valence-electron chi connectivity index (χ4n) is 1.28. The SMILES string of the molecule is O=C(O)N[C@@H]1CNC[C@H]1C(F)F. The summed E-state index contributed by atoms with van der Waals surface area (Å²) in [4.78, 5) is 10.1. The number of hydrogen-bond acceptors (Lipinski definition) is 2. The molecule has 1 heterocycles. The molecule has 1 aliphatic heterocycles. The van der Waals surface area contributed by atoms with Gasteiger partial charge in [-0.05, 0) is 0 Å². The molecular formula is C6H10F2N2O2. The number of hydrogen-bond donors (Lipinski definition) is 3. The van der Waals surface area contributed by atoms with Gasteiger partial charge in [0.2, 0.25) is 6.43 Å². The van der Waals surface area contributed by atoms with Gasteiger partial charge >= 0.3 is 6.09 Å². The lowest BCUT2D eigenvalue weighted by atomic mass is 10.1. The molecule has 0 aliphatic carbocycles. The van der Waals surface area contributed by atoms with E-state index in [1.165, 1.54) is 0 Å². The highest BCUT2D eigenvalue weighted by molar-refractivity contribution is 5.65. The van der Waals surface area contributed by atoms with E-state index in [2.05, 4.69) is 5.32 Å². The Balaban J connectivity index is 2.46. The van der Waals surface area contributed by atoms with Crippen LogP contribution in [0.25, 0.3) is 0 Å². The van der Waals surface area contributed by atoms with Crippen molar-refractivity contribution in [1.29, 1.82) is 0 Å². The highest BCUT2D eigenvalue weighted by Crippen LogP contribution is 2.17. The van der Waals surface area contributed by atoms with Crippen LogP contribution in [0.1, 0.15) is 0 Å². The van der Waals surface area contributed by atoms with Gasteiger partial charge < -0.3 is 15.7 Å². The van der Waals surface area contributed by atoms with E-state index in [9.17, 15) is 13.6 Å². The van der Waals surface area contributed by atoms with Gasteiger partial charge in [0, 0.05) is 13.1 Å². The van der Waals surface area contributed by atoms with Crippen molar-refractivity contribution in [1.82, 2.24) is 10.6 Å². The summed E-state index contributed by atoms with van der Waals surface area (Å²) in [7, 11) is 0. The van der Waals surface area contributed by atoms with E-state index in [0.29, 0.717) is 0 Å². The van der Waals surface area contributed by atoms with Crippen LogP contribution in [0.5, 0.6) is 0 Å². The summed E-state index contributed by atoms with van der Waals surface area (Å²) < 4.78 is 24.3. The molecule has 1 saturated heterocycles. The molecule has 0 aromatic carbocycles. The van der Waals surface area contributed by atoms with Crippen LogP contribution in [0.3, 0.4) is 0 Å². The summed E-state index contributed by atoms with van der Waals surface area (Å²) in [6, 6.07) is -0.664. The van der Waals surface area contributed by atoms with E-state index in [1.807, 2.05) is 5.32 Å². The molecule has 70 valence electrons. The Kier molecular flexibility index (Phi) is 2.80. The lowest BCUT2D eigenvalue weighted by Crippen LogP contribution is -2.41. The van der Waals surface area contributed by atoms with Crippen molar-refractivity contribution in [2.75, 3.05) is 13.1 Å². The van der Waals surface area contributed by atoms with Crippen LogP contribution in [-0.2, 0) is 0 Å². The van der Waals surface area contributed by atoms with Crippen molar-refractivity contribution < 1.29 is 18.7 Å². The molecule has 0 aromatic heterocycles. The number of alkyl halides is 2. The topological polar surface area (TPSA) is 61.4 Å². The van der Waals surface area contributed by atoms with Gasteiger partial charge in [-0.25, -0.2) is 13.6 Å². The highest BCUT2D eigenvalue weighted by Gasteiger charge is 2.34. The predicted octanol–water partition coefficient (Wildman–Crippen LogP) is 0.107. The third-order valence-electron chi connectivity index (χ3n) is 1.89. The maximum atomic E-state index is 12.2. The Hall–Kier alpha value is -0.910. The Morgan fingerprint density at radius 1 is 1.58 bits per heavy atom. The molecule has 0 radical (unpaired) electrons. The fraction of sp³-hybridized carbons (Fsp3) is 0.833. The van der Waals surface area contributed by atoms with Gasteiger partial charge in [-0.1, -0.05) is 0 Å². The normalized spacial score (nSPS) is 29.2. The zero-order valence-corrected chi connectivity index (χ0v) is 6.26. The second kappa shape index (κ2) is 3.66. The van der Waals surface area contributed by atoms with E-state index >= 15 is 0 Å². The first kappa shape index (κ1) is 9.18. The Morgan fingerprint density at radius 2 is 2.25 bits per heavy atom. The van der Waals surface area contributed by atoms with Crippen molar-refractivity contribution in [3.8, 4) is 0 Å². The molecular weight excluding hydrogens is 170 g/mol. The summed E-state index contributed by atoms with van der Waals surface area (Å²) in [5.74, 6) is -0.902. The zero-order chi connectivity index (χ0) is 9.14. The molecule has 1 amide bonds. The fourth-order valence-corrected chi connectivity index (χ4v) is 1.28. The Bertz CT molecular complexity index is 177. The lowest BCUT2D eigenvalue weighted by molar-refractivity contribution is 0.0731. The standard InChI is InChI=1S/C6H10F2N2O2/c7-5(8)3-1-9-2-4(3)10-6(11)12/h3-5,9-10H,1-2H2,(H,11,12)/t3-,4-/m1/s1. The molecule has 12 heavy (non-hydrogen) atoms. The smallest absolute Gasteiger partial charge is 0.404 e. The summed E-state index contributed by atoms with van der Waals surface area (Å²) >= 11 is 0. The van der Waals surface area contributed by atoms with Crippen LogP contribution in [0.4, 0.5) is 13.6 Å². The minimum Gasteiger partial charge on any atom is -0.465 e. The summed E-state index contributed by atoms with van der Waals surface area (Å²) in [6.45, 7) is 0.448. The van der Waals surface area contributed by atoms with Crippen molar-refractivity contribution in [3.05, 3.63) is 0 Å². The van der Waals surface area contributed by atoms with Crippen LogP contribution >= 0.6 is 0 Å². The van der Waals surface area contributed by atoms with E-state index in [-0.39, 0.29) is 13.1 Å². The van der Waals surface area contributed by atoms with E-state index < -0.39 is 24.5 Å². The molecule has 0 bridgehead atoms. The predicted molar refractivity (Wildman–Crippen MR) is 37.3 cm³/mol. The van der Waals surface area contributed by atoms with E-state index in [1.54, 1.807) is 0 Å².